The van der Waals surface area contributed by atoms with Crippen LogP contribution in [0, 0.1) is 0 Å². The van der Waals surface area contributed by atoms with Crippen LogP contribution < -0.4 is 0 Å². The molecule has 0 aromatic heterocycles. The summed E-state index contributed by atoms with van der Waals surface area (Å²) < 4.78 is 0. The molecule has 192 valence electrons. The topological polar surface area (TPSA) is 20.2 Å². The summed E-state index contributed by atoms with van der Waals surface area (Å²) in [5, 5.41) is 12.4. The van der Waals surface area contributed by atoms with Crippen LogP contribution >= 0.6 is 23.5 Å². The molecule has 0 radical (unpaired) electrons. The molecule has 0 saturated heterocycles. The Morgan fingerprint density at radius 1 is 0.487 bits per heavy atom. The van der Waals surface area contributed by atoms with Gasteiger partial charge in [0.1, 0.15) is 21.8 Å². The van der Waals surface area contributed by atoms with Crippen LogP contribution in [0.4, 0.5) is 0 Å². The largest absolute Gasteiger partial charge is 0.500 e. The minimum atomic E-state index is -0.417. The van der Waals surface area contributed by atoms with Gasteiger partial charge in [0.05, 0.1) is 19.6 Å². The van der Waals surface area contributed by atoms with Gasteiger partial charge in [-0.3, -0.25) is 0 Å². The van der Waals surface area contributed by atoms with Gasteiger partial charge in [-0.15, -0.1) is 0 Å². The lowest BCUT2D eigenvalue weighted by Gasteiger charge is -2.25. The fraction of sp³-hybridized carbons (Fsp3) is 0.118. The summed E-state index contributed by atoms with van der Waals surface area (Å²) in [5.74, 6) is 0.433. The predicted molar refractivity (Wildman–Crippen MR) is 165 cm³/mol. The Balaban J connectivity index is 1.53. The Hall–Kier alpha value is -2.70. The van der Waals surface area contributed by atoms with Crippen molar-refractivity contribution in [1.29, 1.82) is 0 Å². The number of benzene rings is 5. The second kappa shape index (κ2) is 9.74. The van der Waals surface area contributed by atoms with E-state index in [2.05, 4.69) is 130 Å². The van der Waals surface area contributed by atoms with E-state index >= 15 is 0 Å². The Kier molecular flexibility index (Phi) is 6.31. The van der Waals surface area contributed by atoms with E-state index in [0.717, 1.165) is 9.79 Å². The summed E-state index contributed by atoms with van der Waals surface area (Å²) in [6, 6.07) is 39.4. The number of hydrogen-bond donors (Lipinski definition) is 1. The normalized spacial score (nSPS) is 14.7. The van der Waals surface area contributed by atoms with Crippen molar-refractivity contribution >= 4 is 45.3 Å². The molecule has 2 heterocycles. The van der Waals surface area contributed by atoms with Gasteiger partial charge in [0.2, 0.25) is 15.5 Å². The SMILES string of the molecule is CC(C)(C)c1cc([S+]2c3ccccc3Sc3ccccc32)c(O)c([S+]2c3ccccc3Sc3ccccc32)c1. The molecule has 0 saturated carbocycles. The molecule has 2 aliphatic rings. The van der Waals surface area contributed by atoms with Crippen LogP contribution in [-0.4, -0.2) is 5.11 Å². The third kappa shape index (κ3) is 4.31. The average molecular weight is 581 g/mol. The van der Waals surface area contributed by atoms with Crippen LogP contribution in [0.25, 0.3) is 0 Å². The molecule has 0 bridgehead atoms. The van der Waals surface area contributed by atoms with Gasteiger partial charge in [-0.25, -0.2) is 0 Å². The van der Waals surface area contributed by atoms with Crippen LogP contribution in [0.15, 0.2) is 158 Å². The lowest BCUT2D eigenvalue weighted by molar-refractivity contribution is 0.445. The third-order valence-corrected chi connectivity index (χ3v) is 14.6. The highest BCUT2D eigenvalue weighted by molar-refractivity contribution is 8.04. The highest BCUT2D eigenvalue weighted by Gasteiger charge is 2.46. The van der Waals surface area contributed by atoms with Crippen molar-refractivity contribution in [2.45, 2.75) is 75.1 Å². The fourth-order valence-electron chi connectivity index (χ4n) is 5.09. The van der Waals surface area contributed by atoms with Crippen molar-refractivity contribution in [2.75, 3.05) is 0 Å². The molecule has 0 spiro atoms. The first-order valence-electron chi connectivity index (χ1n) is 13.0. The zero-order chi connectivity index (χ0) is 26.7. The molecule has 5 heteroatoms. The average Bonchev–Trinajstić information content (AvgIpc) is 2.94. The van der Waals surface area contributed by atoms with Crippen molar-refractivity contribution in [3.05, 3.63) is 115 Å². The number of phenols is 1. The molecule has 5 aromatic carbocycles. The highest BCUT2D eigenvalue weighted by atomic mass is 32.2. The second-order valence-electron chi connectivity index (χ2n) is 10.7. The van der Waals surface area contributed by atoms with Crippen LogP contribution in [0.5, 0.6) is 5.75 Å². The lowest BCUT2D eigenvalue weighted by Crippen LogP contribution is -2.18. The quantitative estimate of drug-likeness (QED) is 0.206. The smallest absolute Gasteiger partial charge is 0.229 e. The van der Waals surface area contributed by atoms with Gasteiger partial charge in [0.25, 0.3) is 0 Å². The van der Waals surface area contributed by atoms with Gasteiger partial charge >= 0.3 is 0 Å². The molecule has 0 unspecified atom stereocenters. The minimum Gasteiger partial charge on any atom is -0.500 e. The molecule has 39 heavy (non-hydrogen) atoms. The zero-order valence-electron chi connectivity index (χ0n) is 22.0. The van der Waals surface area contributed by atoms with Crippen molar-refractivity contribution in [1.82, 2.24) is 0 Å². The molecule has 5 aromatic rings. The number of rotatable bonds is 2. The van der Waals surface area contributed by atoms with Gasteiger partial charge in [0.15, 0.2) is 19.6 Å². The summed E-state index contributed by atoms with van der Waals surface area (Å²) >= 11 is 3.67. The zero-order valence-corrected chi connectivity index (χ0v) is 25.2. The number of fused-ring (bicyclic) bond motifs is 4. The highest BCUT2D eigenvalue weighted by Crippen LogP contribution is 2.54. The van der Waals surface area contributed by atoms with E-state index in [0.29, 0.717) is 5.75 Å². The molecule has 2 aliphatic heterocycles. The Bertz CT molecular complexity index is 1530. The molecule has 0 atom stereocenters. The van der Waals surface area contributed by atoms with Gasteiger partial charge in [-0.05, 0) is 59.5 Å². The maximum atomic E-state index is 12.4. The first-order chi connectivity index (χ1) is 18.9. The Labute approximate surface area is 244 Å². The fourth-order valence-corrected chi connectivity index (χ4v) is 12.8. The van der Waals surface area contributed by atoms with Crippen LogP contribution in [-0.2, 0) is 27.2 Å². The van der Waals surface area contributed by atoms with Gasteiger partial charge in [-0.2, -0.15) is 0 Å². The Morgan fingerprint density at radius 2 is 0.795 bits per heavy atom. The van der Waals surface area contributed by atoms with Crippen molar-refractivity contribution in [3.8, 4) is 5.75 Å². The van der Waals surface area contributed by atoms with E-state index in [1.165, 1.54) is 44.7 Å². The summed E-state index contributed by atoms with van der Waals surface area (Å²) in [6.07, 6.45) is 0. The van der Waals surface area contributed by atoms with Gasteiger partial charge in [-0.1, -0.05) is 92.8 Å². The number of aromatic hydroxyl groups is 1. The van der Waals surface area contributed by atoms with Crippen LogP contribution in [0.2, 0.25) is 0 Å². The van der Waals surface area contributed by atoms with E-state index in [-0.39, 0.29) is 5.41 Å². The van der Waals surface area contributed by atoms with Crippen molar-refractivity contribution in [3.63, 3.8) is 0 Å². The van der Waals surface area contributed by atoms with Crippen LogP contribution in [0.3, 0.4) is 0 Å². The Morgan fingerprint density at radius 3 is 1.10 bits per heavy atom. The third-order valence-electron chi connectivity index (χ3n) is 7.06. The standard InChI is InChI=1S/C34H27OS4/c1-34(2,3)22-20-31(38-27-16-8-4-12-23(27)36-24-13-5-9-17-28(24)38)33(35)32(21-22)39-29-18-10-6-14-25(29)37-26-15-7-11-19-30(26)39/h4-21H,1-3H3/q+1/p+1. The summed E-state index contributed by atoms with van der Waals surface area (Å²) in [4.78, 5) is 12.3. The molecule has 0 aliphatic carbocycles. The monoisotopic (exact) mass is 580 g/mol. The molecule has 1 N–H and O–H groups in total. The predicted octanol–water partition coefficient (Wildman–Crippen LogP) is 9.81. The molecule has 1 nitrogen and oxygen atoms in total. The number of hydrogen-bond acceptors (Lipinski definition) is 3. The van der Waals surface area contributed by atoms with E-state index in [1.54, 1.807) is 0 Å². The molecule has 0 fully saturated rings. The first kappa shape index (κ1) is 25.3. The summed E-state index contributed by atoms with van der Waals surface area (Å²) in [5.41, 5.74) is 1.18. The first-order valence-corrected chi connectivity index (χ1v) is 17.1. The van der Waals surface area contributed by atoms with Crippen molar-refractivity contribution in [2.24, 2.45) is 0 Å². The molecular weight excluding hydrogens is 553 g/mol. The summed E-state index contributed by atoms with van der Waals surface area (Å²) in [6.45, 7) is 6.82. The second-order valence-corrected chi connectivity index (χ2v) is 16.7. The summed E-state index contributed by atoms with van der Waals surface area (Å²) in [7, 11) is -0.833. The number of phenolic OH excluding ortho intramolecular Hbond substituents is 1. The van der Waals surface area contributed by atoms with E-state index in [1.807, 2.05) is 23.5 Å². The molecule has 0 amide bonds. The van der Waals surface area contributed by atoms with E-state index in [9.17, 15) is 5.11 Å². The van der Waals surface area contributed by atoms with Gasteiger partial charge < -0.3 is 5.11 Å². The van der Waals surface area contributed by atoms with E-state index in [4.69, 9.17) is 0 Å². The lowest BCUT2D eigenvalue weighted by atomic mass is 9.87. The maximum absolute atomic E-state index is 12.4. The van der Waals surface area contributed by atoms with Crippen molar-refractivity contribution < 1.29 is 5.11 Å². The van der Waals surface area contributed by atoms with Gasteiger partial charge in [0, 0.05) is 12.1 Å². The maximum Gasteiger partial charge on any atom is 0.229 e. The van der Waals surface area contributed by atoms with Crippen LogP contribution in [0.1, 0.15) is 26.3 Å². The molecular formula is C34H28OS4+2. The van der Waals surface area contributed by atoms with E-state index < -0.39 is 21.8 Å². The minimum absolute atomic E-state index is 0.0724. The molecule has 7 rings (SSSR count).